The van der Waals surface area contributed by atoms with E-state index in [2.05, 4.69) is 28.2 Å². The van der Waals surface area contributed by atoms with E-state index in [0.29, 0.717) is 10.0 Å². The Morgan fingerprint density at radius 2 is 2.21 bits per heavy atom. The van der Waals surface area contributed by atoms with Gasteiger partial charge in [0.1, 0.15) is 5.82 Å². The quantitative estimate of drug-likeness (QED) is 0.871. The molecule has 0 fully saturated rings. The minimum absolute atomic E-state index is 0.0625. The van der Waals surface area contributed by atoms with Gasteiger partial charge in [0.25, 0.3) is 0 Å². The molecule has 0 aliphatic carbocycles. The predicted octanol–water partition coefficient (Wildman–Crippen LogP) is 3.65. The number of hydrogen-bond acceptors (Lipinski definition) is 1. The predicted molar refractivity (Wildman–Crippen MR) is 60.8 cm³/mol. The van der Waals surface area contributed by atoms with E-state index in [4.69, 9.17) is 0 Å². The molecule has 1 unspecified atom stereocenters. The molecule has 1 N–H and O–H groups in total. The zero-order valence-electron chi connectivity index (χ0n) is 8.48. The highest BCUT2D eigenvalue weighted by molar-refractivity contribution is 9.10. The molecule has 1 aromatic carbocycles. The highest BCUT2D eigenvalue weighted by Crippen LogP contribution is 2.23. The van der Waals surface area contributed by atoms with Crippen LogP contribution in [0.2, 0.25) is 0 Å². The molecule has 1 aromatic rings. The van der Waals surface area contributed by atoms with E-state index in [1.54, 1.807) is 6.07 Å². The zero-order valence-corrected chi connectivity index (χ0v) is 10.1. The van der Waals surface area contributed by atoms with Crippen molar-refractivity contribution < 1.29 is 4.39 Å². The van der Waals surface area contributed by atoms with Crippen LogP contribution in [0.25, 0.3) is 0 Å². The Balaban J connectivity index is 2.79. The maximum absolute atomic E-state index is 13.6. The van der Waals surface area contributed by atoms with Gasteiger partial charge in [0.05, 0.1) is 4.47 Å². The molecule has 0 spiro atoms. The Hall–Kier alpha value is -0.410. The van der Waals surface area contributed by atoms with Gasteiger partial charge in [-0.1, -0.05) is 19.1 Å². The molecule has 0 saturated carbocycles. The van der Waals surface area contributed by atoms with Gasteiger partial charge in [0.15, 0.2) is 0 Å². The first kappa shape index (κ1) is 11.7. The Morgan fingerprint density at radius 3 is 2.86 bits per heavy atom. The van der Waals surface area contributed by atoms with Crippen molar-refractivity contribution in [3.05, 3.63) is 34.1 Å². The van der Waals surface area contributed by atoms with Crippen molar-refractivity contribution >= 4 is 15.9 Å². The number of benzene rings is 1. The smallest absolute Gasteiger partial charge is 0.142 e. The van der Waals surface area contributed by atoms with Crippen LogP contribution in [0.5, 0.6) is 0 Å². The van der Waals surface area contributed by atoms with Crippen LogP contribution in [0.1, 0.15) is 31.9 Å². The van der Waals surface area contributed by atoms with Gasteiger partial charge in [-0.2, -0.15) is 0 Å². The summed E-state index contributed by atoms with van der Waals surface area (Å²) in [5.74, 6) is -0.163. The van der Waals surface area contributed by atoms with Crippen LogP contribution in [0, 0.1) is 5.82 Å². The lowest BCUT2D eigenvalue weighted by molar-refractivity contribution is 0.525. The second-order valence-corrected chi connectivity index (χ2v) is 4.17. The average Bonchev–Trinajstić information content (AvgIpc) is 2.18. The van der Waals surface area contributed by atoms with Crippen LogP contribution in [-0.4, -0.2) is 6.54 Å². The average molecular weight is 260 g/mol. The first-order valence-electron chi connectivity index (χ1n) is 4.84. The summed E-state index contributed by atoms with van der Waals surface area (Å²) in [6.45, 7) is 4.98. The molecule has 78 valence electrons. The Labute approximate surface area is 92.8 Å². The van der Waals surface area contributed by atoms with Crippen molar-refractivity contribution in [2.45, 2.75) is 26.3 Å². The van der Waals surface area contributed by atoms with E-state index in [1.807, 2.05) is 19.1 Å². The summed E-state index contributed by atoms with van der Waals surface area (Å²) in [5.41, 5.74) is 0.716. The number of halogens is 2. The fraction of sp³-hybridized carbons (Fsp3) is 0.455. The third-order valence-electron chi connectivity index (χ3n) is 2.15. The lowest BCUT2D eigenvalue weighted by Gasteiger charge is -2.14. The number of rotatable bonds is 4. The Morgan fingerprint density at radius 1 is 1.50 bits per heavy atom. The van der Waals surface area contributed by atoms with Crippen molar-refractivity contribution in [2.75, 3.05) is 6.54 Å². The molecular weight excluding hydrogens is 245 g/mol. The summed E-state index contributed by atoms with van der Waals surface area (Å²) >= 11 is 3.18. The van der Waals surface area contributed by atoms with Gasteiger partial charge < -0.3 is 5.32 Å². The van der Waals surface area contributed by atoms with Gasteiger partial charge in [-0.15, -0.1) is 0 Å². The van der Waals surface area contributed by atoms with Crippen LogP contribution in [0.4, 0.5) is 4.39 Å². The normalized spacial score (nSPS) is 12.9. The third kappa shape index (κ3) is 2.79. The number of hydrogen-bond donors (Lipinski definition) is 1. The summed E-state index contributed by atoms with van der Waals surface area (Å²) in [5, 5.41) is 3.26. The van der Waals surface area contributed by atoms with Gasteiger partial charge >= 0.3 is 0 Å². The van der Waals surface area contributed by atoms with Gasteiger partial charge in [-0.05, 0) is 41.9 Å². The molecule has 0 aliphatic heterocycles. The van der Waals surface area contributed by atoms with Gasteiger partial charge in [0.2, 0.25) is 0 Å². The molecule has 0 radical (unpaired) electrons. The summed E-state index contributed by atoms with van der Waals surface area (Å²) in [4.78, 5) is 0. The first-order valence-corrected chi connectivity index (χ1v) is 5.63. The van der Waals surface area contributed by atoms with Crippen molar-refractivity contribution in [3.8, 4) is 0 Å². The molecule has 0 aromatic heterocycles. The van der Waals surface area contributed by atoms with E-state index in [0.717, 1.165) is 13.0 Å². The topological polar surface area (TPSA) is 12.0 Å². The monoisotopic (exact) mass is 259 g/mol. The second kappa shape index (κ2) is 5.47. The maximum Gasteiger partial charge on any atom is 0.142 e. The molecular formula is C11H15BrFN. The van der Waals surface area contributed by atoms with Crippen molar-refractivity contribution in [2.24, 2.45) is 0 Å². The third-order valence-corrected chi connectivity index (χ3v) is 2.76. The van der Waals surface area contributed by atoms with E-state index in [1.165, 1.54) is 0 Å². The molecule has 1 nitrogen and oxygen atoms in total. The van der Waals surface area contributed by atoms with Crippen LogP contribution >= 0.6 is 15.9 Å². The lowest BCUT2D eigenvalue weighted by atomic mass is 10.1. The fourth-order valence-corrected chi connectivity index (χ4v) is 1.71. The van der Waals surface area contributed by atoms with Gasteiger partial charge in [-0.25, -0.2) is 4.39 Å². The second-order valence-electron chi connectivity index (χ2n) is 3.32. The minimum Gasteiger partial charge on any atom is -0.310 e. The molecule has 0 aliphatic rings. The molecule has 14 heavy (non-hydrogen) atoms. The van der Waals surface area contributed by atoms with Crippen LogP contribution in [-0.2, 0) is 0 Å². The van der Waals surface area contributed by atoms with Crippen LogP contribution in [0.15, 0.2) is 22.7 Å². The van der Waals surface area contributed by atoms with Gasteiger partial charge in [0, 0.05) is 11.6 Å². The number of nitrogens with one attached hydrogen (secondary N) is 1. The molecule has 1 rings (SSSR count). The Bertz CT molecular complexity index is 301. The molecule has 0 amide bonds. The van der Waals surface area contributed by atoms with Crippen LogP contribution < -0.4 is 5.32 Å². The summed E-state index contributed by atoms with van der Waals surface area (Å²) in [6.07, 6.45) is 1.06. The minimum atomic E-state index is -0.163. The summed E-state index contributed by atoms with van der Waals surface area (Å²) in [6, 6.07) is 5.44. The molecule has 0 saturated heterocycles. The maximum atomic E-state index is 13.6. The van der Waals surface area contributed by atoms with Crippen LogP contribution in [0.3, 0.4) is 0 Å². The highest BCUT2D eigenvalue weighted by atomic mass is 79.9. The standard InChI is InChI=1S/C11H15BrFN/c1-3-7-14-8(2)9-5-4-6-10(12)11(9)13/h4-6,8,14H,3,7H2,1-2H3. The van der Waals surface area contributed by atoms with Crippen molar-refractivity contribution in [1.82, 2.24) is 5.32 Å². The van der Waals surface area contributed by atoms with Gasteiger partial charge in [-0.3, -0.25) is 0 Å². The summed E-state index contributed by atoms with van der Waals surface area (Å²) in [7, 11) is 0. The molecule has 3 heteroatoms. The van der Waals surface area contributed by atoms with Crippen molar-refractivity contribution in [1.29, 1.82) is 0 Å². The molecule has 0 bridgehead atoms. The molecule has 1 atom stereocenters. The largest absolute Gasteiger partial charge is 0.310 e. The van der Waals surface area contributed by atoms with E-state index >= 15 is 0 Å². The Kier molecular flexibility index (Phi) is 4.55. The van der Waals surface area contributed by atoms with E-state index in [9.17, 15) is 4.39 Å². The van der Waals surface area contributed by atoms with Crippen molar-refractivity contribution in [3.63, 3.8) is 0 Å². The molecule has 0 heterocycles. The lowest BCUT2D eigenvalue weighted by Crippen LogP contribution is -2.20. The SMILES string of the molecule is CCCNC(C)c1cccc(Br)c1F. The fourth-order valence-electron chi connectivity index (χ4n) is 1.33. The van der Waals surface area contributed by atoms with E-state index < -0.39 is 0 Å². The van der Waals surface area contributed by atoms with E-state index in [-0.39, 0.29) is 11.9 Å². The summed E-state index contributed by atoms with van der Waals surface area (Å²) < 4.78 is 14.1. The highest BCUT2D eigenvalue weighted by Gasteiger charge is 2.11. The first-order chi connectivity index (χ1) is 6.66. The zero-order chi connectivity index (χ0) is 10.6.